The van der Waals surface area contributed by atoms with Gasteiger partial charge in [-0.05, 0) is 92.2 Å². The number of aromatic nitrogens is 5. The van der Waals surface area contributed by atoms with Crippen molar-refractivity contribution in [2.45, 2.75) is 88.4 Å². The van der Waals surface area contributed by atoms with Crippen molar-refractivity contribution in [3.63, 3.8) is 0 Å². The molecule has 4 fully saturated rings. The summed E-state index contributed by atoms with van der Waals surface area (Å²) in [6.07, 6.45) is 9.70. The molecule has 1 atom stereocenters. The number of benzene rings is 2. The second-order valence-corrected chi connectivity index (χ2v) is 16.9. The molecule has 5 aromatic rings. The van der Waals surface area contributed by atoms with E-state index in [4.69, 9.17) is 5.10 Å². The zero-order valence-electron chi connectivity index (χ0n) is 33.2. The highest BCUT2D eigenvalue weighted by atomic mass is 16.2. The summed E-state index contributed by atoms with van der Waals surface area (Å²) < 4.78 is 4.88. The number of aryl methyl sites for hydroxylation is 1. The van der Waals surface area contributed by atoms with E-state index in [1.54, 1.807) is 26.9 Å². The summed E-state index contributed by atoms with van der Waals surface area (Å²) in [7, 11) is 3.64. The van der Waals surface area contributed by atoms with Gasteiger partial charge in [0.25, 0.3) is 5.91 Å². The lowest BCUT2D eigenvalue weighted by Gasteiger charge is -2.42. The van der Waals surface area contributed by atoms with Crippen LogP contribution in [0, 0.1) is 0 Å². The number of imidazole rings is 2. The topological polar surface area (TPSA) is 154 Å². The highest BCUT2D eigenvalue weighted by Crippen LogP contribution is 2.39. The van der Waals surface area contributed by atoms with Crippen molar-refractivity contribution in [2.24, 2.45) is 7.05 Å². The van der Waals surface area contributed by atoms with Gasteiger partial charge in [-0.25, -0.2) is 14.3 Å². The van der Waals surface area contributed by atoms with E-state index in [2.05, 4.69) is 66.0 Å². The number of hydrogen-bond acceptors (Lipinski definition) is 10. The summed E-state index contributed by atoms with van der Waals surface area (Å²) in [6, 6.07) is 15.1. The summed E-state index contributed by atoms with van der Waals surface area (Å²) in [6.45, 7) is 5.96. The highest BCUT2D eigenvalue weighted by Gasteiger charge is 2.34. The molecule has 58 heavy (non-hydrogen) atoms. The van der Waals surface area contributed by atoms with Crippen LogP contribution >= 0.6 is 0 Å². The van der Waals surface area contributed by atoms with E-state index in [1.165, 1.54) is 22.4 Å². The lowest BCUT2D eigenvalue weighted by molar-refractivity contribution is -0.135. The van der Waals surface area contributed by atoms with Gasteiger partial charge in [0, 0.05) is 83.6 Å². The number of piperazine rings is 1. The first kappa shape index (κ1) is 36.8. The molecule has 2 saturated heterocycles. The van der Waals surface area contributed by atoms with Crippen molar-refractivity contribution < 1.29 is 14.4 Å². The maximum Gasteiger partial charge on any atom is 0.329 e. The standard InChI is InChI=1S/C43H51N11O4/c1-44-32-23-38(48-54-37(24-45-40(32)54)42(57)46-29-9-10-29)52-17-16-31-28(4-3-5-33(31)52)25-50-18-20-51(21-19-50)30-11-6-26(7-12-30)27-8-13-34-36(22-27)49(2)43(58)53(34)35-14-15-39(55)47-41(35)56/h3-5,8,13,22-24,26,29-30,35,44H,6-7,9-12,14-21,25H2,1-2H3,(H,46,57)(H,47,55,56). The van der Waals surface area contributed by atoms with Crippen molar-refractivity contribution in [1.82, 2.24) is 44.2 Å². The van der Waals surface area contributed by atoms with E-state index in [0.717, 1.165) is 107 Å². The third-order valence-electron chi connectivity index (χ3n) is 13.4. The van der Waals surface area contributed by atoms with Crippen LogP contribution in [-0.2, 0) is 29.6 Å². The van der Waals surface area contributed by atoms with Gasteiger partial charge >= 0.3 is 5.69 Å². The summed E-state index contributed by atoms with van der Waals surface area (Å²) in [5.74, 6) is 0.408. The molecule has 3 aromatic heterocycles. The first-order valence-electron chi connectivity index (χ1n) is 21.0. The van der Waals surface area contributed by atoms with Gasteiger partial charge in [0.15, 0.2) is 17.2 Å². The smallest absolute Gasteiger partial charge is 0.329 e. The van der Waals surface area contributed by atoms with Crippen LogP contribution in [0.3, 0.4) is 0 Å². The van der Waals surface area contributed by atoms with Crippen LogP contribution in [0.15, 0.2) is 53.5 Å². The zero-order chi connectivity index (χ0) is 39.7. The number of nitrogens with zero attached hydrogens (tertiary/aromatic N) is 8. The molecule has 5 aliphatic rings. The Bertz CT molecular complexity index is 2500. The molecule has 15 nitrogen and oxygen atoms in total. The average Bonchev–Trinajstić information content (AvgIpc) is 3.67. The molecule has 15 heteroatoms. The Balaban J connectivity index is 0.768. The summed E-state index contributed by atoms with van der Waals surface area (Å²) >= 11 is 0. The fourth-order valence-electron chi connectivity index (χ4n) is 9.97. The number of nitrogens with one attached hydrogen (secondary N) is 3. The van der Waals surface area contributed by atoms with Crippen LogP contribution in [0.2, 0.25) is 0 Å². The monoisotopic (exact) mass is 785 g/mol. The van der Waals surface area contributed by atoms with E-state index in [1.807, 2.05) is 19.2 Å². The van der Waals surface area contributed by atoms with Crippen LogP contribution in [0.1, 0.15) is 90.5 Å². The van der Waals surface area contributed by atoms with Crippen LogP contribution in [0.4, 0.5) is 17.2 Å². The maximum absolute atomic E-state index is 13.3. The van der Waals surface area contributed by atoms with Gasteiger partial charge in [0.1, 0.15) is 6.04 Å². The normalized spacial score (nSPS) is 23.1. The minimum absolute atomic E-state index is 0.135. The van der Waals surface area contributed by atoms with E-state index in [-0.39, 0.29) is 30.0 Å². The number of hydrogen-bond donors (Lipinski definition) is 3. The summed E-state index contributed by atoms with van der Waals surface area (Å²) in [5.41, 5.74) is 8.46. The van der Waals surface area contributed by atoms with Crippen molar-refractivity contribution in [2.75, 3.05) is 50.0 Å². The Morgan fingerprint density at radius 3 is 2.47 bits per heavy atom. The summed E-state index contributed by atoms with van der Waals surface area (Å²) in [5, 5.41) is 13.7. The van der Waals surface area contributed by atoms with Gasteiger partial charge < -0.3 is 15.5 Å². The number of rotatable bonds is 9. The maximum atomic E-state index is 13.3. The Morgan fingerprint density at radius 1 is 0.897 bits per heavy atom. The molecule has 0 radical (unpaired) electrons. The second-order valence-electron chi connectivity index (χ2n) is 16.9. The molecule has 6 heterocycles. The molecule has 3 N–H and O–H groups in total. The molecule has 1 unspecified atom stereocenters. The molecule has 3 amide bonds. The van der Waals surface area contributed by atoms with E-state index < -0.39 is 11.9 Å². The van der Waals surface area contributed by atoms with Gasteiger partial charge in [-0.3, -0.25) is 38.6 Å². The summed E-state index contributed by atoms with van der Waals surface area (Å²) in [4.78, 5) is 62.8. The third kappa shape index (κ3) is 6.53. The van der Waals surface area contributed by atoms with Gasteiger partial charge in [-0.15, -0.1) is 5.10 Å². The van der Waals surface area contributed by atoms with Crippen molar-refractivity contribution in [3.05, 3.63) is 81.5 Å². The van der Waals surface area contributed by atoms with Crippen LogP contribution in [-0.4, -0.2) is 103 Å². The SMILES string of the molecule is CNc1cc(N2CCc3c(CN4CCN(C5CCC(c6ccc7c(c6)n(C)c(=O)n7C6CCC(=O)NC6=O)CC5)CC4)cccc32)nn2c(C(=O)NC3CC3)cnc12. The van der Waals surface area contributed by atoms with Gasteiger partial charge in [-0.2, -0.15) is 0 Å². The molecule has 3 aliphatic heterocycles. The van der Waals surface area contributed by atoms with Gasteiger partial charge in [-0.1, -0.05) is 18.2 Å². The van der Waals surface area contributed by atoms with Crippen LogP contribution in [0.5, 0.6) is 0 Å². The minimum Gasteiger partial charge on any atom is -0.385 e. The number of fused-ring (bicyclic) bond motifs is 3. The number of amides is 3. The number of imide groups is 1. The number of carbonyl (C=O) groups excluding carboxylic acids is 3. The fourth-order valence-corrected chi connectivity index (χ4v) is 9.97. The lowest BCUT2D eigenvalue weighted by atomic mass is 9.81. The first-order chi connectivity index (χ1) is 28.2. The molecule has 10 rings (SSSR count). The Hall–Kier alpha value is -5.54. The lowest BCUT2D eigenvalue weighted by Crippen LogP contribution is -2.50. The molecular formula is C43H51N11O4. The number of anilines is 3. The van der Waals surface area contributed by atoms with E-state index >= 15 is 0 Å². The largest absolute Gasteiger partial charge is 0.385 e. The van der Waals surface area contributed by atoms with Crippen LogP contribution in [0.25, 0.3) is 16.7 Å². The molecule has 2 aliphatic carbocycles. The van der Waals surface area contributed by atoms with Gasteiger partial charge in [0.2, 0.25) is 11.8 Å². The van der Waals surface area contributed by atoms with Crippen molar-refractivity contribution >= 4 is 51.6 Å². The van der Waals surface area contributed by atoms with Crippen molar-refractivity contribution in [1.29, 1.82) is 0 Å². The number of piperidine rings is 1. The predicted octanol–water partition coefficient (Wildman–Crippen LogP) is 3.83. The van der Waals surface area contributed by atoms with E-state index in [0.29, 0.717) is 29.7 Å². The third-order valence-corrected chi connectivity index (χ3v) is 13.4. The van der Waals surface area contributed by atoms with Crippen molar-refractivity contribution in [3.8, 4) is 0 Å². The average molecular weight is 786 g/mol. The fraction of sp³-hybridized carbons (Fsp3) is 0.488. The zero-order valence-corrected chi connectivity index (χ0v) is 33.2. The molecular weight excluding hydrogens is 735 g/mol. The Kier molecular flexibility index (Phi) is 9.31. The molecule has 0 bridgehead atoms. The quantitative estimate of drug-likeness (QED) is 0.188. The number of carbonyl (C=O) groups is 3. The highest BCUT2D eigenvalue weighted by molar-refractivity contribution is 6.00. The molecule has 302 valence electrons. The predicted molar refractivity (Wildman–Crippen MR) is 221 cm³/mol. The molecule has 2 saturated carbocycles. The van der Waals surface area contributed by atoms with Crippen LogP contribution < -0.4 is 26.5 Å². The Labute approximate surface area is 336 Å². The molecule has 2 aromatic carbocycles. The second kappa shape index (κ2) is 14.7. The van der Waals surface area contributed by atoms with E-state index in [9.17, 15) is 19.2 Å². The van der Waals surface area contributed by atoms with Gasteiger partial charge in [0.05, 0.1) is 22.9 Å². The Morgan fingerprint density at radius 2 is 1.71 bits per heavy atom. The first-order valence-corrected chi connectivity index (χ1v) is 21.0. The molecule has 0 spiro atoms. The minimum atomic E-state index is -0.670.